The highest BCUT2D eigenvalue weighted by Crippen LogP contribution is 2.66. The topological polar surface area (TPSA) is 206 Å². The van der Waals surface area contributed by atoms with Crippen molar-refractivity contribution in [3.63, 3.8) is 0 Å². The molecule has 9 N–H and O–H groups in total. The van der Waals surface area contributed by atoms with Crippen LogP contribution in [-0.2, 0) is 50.9 Å². The van der Waals surface area contributed by atoms with Crippen molar-refractivity contribution in [2.24, 2.45) is 41.2 Å². The molecule has 15 atom stereocenters. The predicted octanol–water partition coefficient (Wildman–Crippen LogP) is 11.3. The van der Waals surface area contributed by atoms with Crippen LogP contribution in [0, 0.1) is 59.2 Å². The number of phenols is 2. The lowest BCUT2D eigenvalue weighted by Gasteiger charge is -2.49. The number of carbonyl (C=O) groups excluding carboxylic acids is 1. The summed E-state index contributed by atoms with van der Waals surface area (Å²) in [5.41, 5.74) is 19.5. The van der Waals surface area contributed by atoms with Crippen molar-refractivity contribution in [2.75, 3.05) is 45.2 Å². The number of benzene rings is 4. The third-order valence-electron chi connectivity index (χ3n) is 24.1. The number of carbonyl (C=O) groups is 1. The highest BCUT2D eigenvalue weighted by molar-refractivity contribution is 8.76. The van der Waals surface area contributed by atoms with E-state index in [0.29, 0.717) is 65.4 Å². The molecule has 1 unspecified atom stereocenters. The Morgan fingerprint density at radius 2 is 1.74 bits per heavy atom. The Labute approximate surface area is 554 Å². The normalized spacial score (nSPS) is 33.0. The average Bonchev–Trinajstić information content (AvgIpc) is 1.50. The van der Waals surface area contributed by atoms with Gasteiger partial charge < -0.3 is 65.8 Å². The minimum Gasteiger partial charge on any atom is -0.508 e. The fourth-order valence-corrected chi connectivity index (χ4v) is 22.8. The standard InChI is InChI=1S/C77H88N4O10S2/c1-42(84)88-38-60-53-17-18-55-67-49(31-52(85)32-64(67)89-41-83)34-76-27-24-47(33-76)70-54-20-23-66(78)81-62(54)21-15-45-12-13-46-29-48-30-50(77(70)25-4-3-5-26-77)16-14-44(48)9-7-11-61(58(36-82)59(46)37-87-2)79-35-57-68(45)69(73(60)91-74(53)71(55)76)56-19-22-63-65(90-75(56)72(57)86)40-93-92-39-43-8-6-10-51(28-43)80-63/h14,16-20,22-23,30-32,43,45-47,51,58-61,63,65-66,70,73,79-83,85-86H,3-11,24-29,33-41,78H2,1-2H3/t43-,45+,46-,47-,51-,58+,59-,60+,61-,63+,65+,66?,70-,73+,76+/m1/s1. The van der Waals surface area contributed by atoms with E-state index in [1.807, 2.05) is 27.7 Å². The van der Waals surface area contributed by atoms with Gasteiger partial charge in [0, 0.05) is 119 Å². The van der Waals surface area contributed by atoms with Gasteiger partial charge in [0.15, 0.2) is 18.3 Å². The van der Waals surface area contributed by atoms with Crippen LogP contribution >= 0.6 is 21.6 Å². The molecule has 4 fully saturated rings. The fourth-order valence-electron chi connectivity index (χ4n) is 20.1. The molecule has 4 aromatic rings. The number of nitrogens with one attached hydrogen (secondary N) is 3. The lowest BCUT2D eigenvalue weighted by molar-refractivity contribution is -0.141. The van der Waals surface area contributed by atoms with E-state index in [9.17, 15) is 25.2 Å². The van der Waals surface area contributed by atoms with E-state index in [1.54, 1.807) is 13.2 Å². The highest BCUT2D eigenvalue weighted by Gasteiger charge is 2.57. The number of aliphatic hydroxyl groups is 2. The second-order valence-electron chi connectivity index (χ2n) is 29.2. The molecular weight excluding hydrogens is 1200 g/mol. The number of aromatic hydroxyl groups is 2. The molecule has 0 aromatic heterocycles. The first-order valence-electron chi connectivity index (χ1n) is 34.7. The number of rotatable bonds is 7. The summed E-state index contributed by atoms with van der Waals surface area (Å²) in [4.78, 5) is 13.5. The summed E-state index contributed by atoms with van der Waals surface area (Å²) in [6.45, 7) is 1.33. The van der Waals surface area contributed by atoms with Crippen LogP contribution in [0.3, 0.4) is 0 Å². The van der Waals surface area contributed by atoms with Crippen molar-refractivity contribution < 1.29 is 48.9 Å². The van der Waals surface area contributed by atoms with E-state index in [2.05, 4.69) is 94.3 Å². The van der Waals surface area contributed by atoms with Crippen molar-refractivity contribution in [3.05, 3.63) is 128 Å². The summed E-state index contributed by atoms with van der Waals surface area (Å²) in [6.07, 6.45) is 23.1. The number of dihydropyridines is 1. The van der Waals surface area contributed by atoms with Crippen molar-refractivity contribution >= 4 is 33.6 Å². The van der Waals surface area contributed by atoms with Crippen LogP contribution in [0.25, 0.3) is 17.2 Å². The lowest BCUT2D eigenvalue weighted by atomic mass is 9.55. The van der Waals surface area contributed by atoms with Crippen LogP contribution in [0.15, 0.2) is 72.0 Å². The van der Waals surface area contributed by atoms with Crippen molar-refractivity contribution in [1.29, 1.82) is 0 Å². The molecule has 6 heterocycles. The molecule has 16 heteroatoms. The number of phenolic OH excluding ortho intramolecular Hbond substituents is 2. The molecule has 16 rings (SSSR count). The van der Waals surface area contributed by atoms with E-state index >= 15 is 0 Å². The Bertz CT molecular complexity index is 3870. The number of aliphatic hydroxyl groups excluding tert-OH is 2. The maximum absolute atomic E-state index is 13.9. The van der Waals surface area contributed by atoms with E-state index in [4.69, 9.17) is 29.4 Å². The maximum Gasteiger partial charge on any atom is 0.302 e. The second kappa shape index (κ2) is 25.2. The van der Waals surface area contributed by atoms with Crippen LogP contribution in [0.5, 0.6) is 28.7 Å². The third-order valence-corrected chi connectivity index (χ3v) is 26.6. The van der Waals surface area contributed by atoms with E-state index in [-0.39, 0.29) is 84.4 Å². The van der Waals surface area contributed by atoms with Crippen molar-refractivity contribution in [1.82, 2.24) is 16.0 Å². The van der Waals surface area contributed by atoms with Gasteiger partial charge in [-0.2, -0.15) is 0 Å². The first kappa shape index (κ1) is 61.8. The van der Waals surface area contributed by atoms with Crippen molar-refractivity contribution in [3.8, 4) is 63.6 Å². The number of allylic oxidation sites excluding steroid dienone is 3. The molecule has 12 aliphatic rings. The van der Waals surface area contributed by atoms with Gasteiger partial charge in [-0.3, -0.25) is 4.79 Å². The van der Waals surface area contributed by atoms with Gasteiger partial charge in [0.25, 0.3) is 0 Å². The van der Waals surface area contributed by atoms with Gasteiger partial charge >= 0.3 is 5.97 Å². The second-order valence-corrected chi connectivity index (χ2v) is 31.7. The van der Waals surface area contributed by atoms with Gasteiger partial charge in [-0.05, 0) is 158 Å². The third kappa shape index (κ3) is 10.8. The van der Waals surface area contributed by atoms with Crippen LogP contribution in [-0.4, -0.2) is 102 Å². The zero-order chi connectivity index (χ0) is 63.3. The van der Waals surface area contributed by atoms with E-state index in [1.165, 1.54) is 36.5 Å². The van der Waals surface area contributed by atoms with Gasteiger partial charge in [0.2, 0.25) is 0 Å². The monoisotopic (exact) mass is 1290 g/mol. The van der Waals surface area contributed by atoms with Crippen LogP contribution in [0.1, 0.15) is 170 Å². The van der Waals surface area contributed by atoms with Gasteiger partial charge in [0.1, 0.15) is 42.0 Å². The molecule has 0 amide bonds. The molecule has 3 saturated carbocycles. The van der Waals surface area contributed by atoms with Gasteiger partial charge in [-0.1, -0.05) is 114 Å². The highest BCUT2D eigenvalue weighted by atomic mass is 33.1. The predicted molar refractivity (Wildman–Crippen MR) is 363 cm³/mol. The molecule has 2 spiro atoms. The molecule has 4 aromatic carbocycles. The number of aryl methyl sites for hydroxylation is 1. The van der Waals surface area contributed by atoms with Gasteiger partial charge in [-0.15, -0.1) is 0 Å². The molecule has 6 aliphatic carbocycles. The number of nitrogens with two attached hydrogens (primary N) is 1. The Morgan fingerprint density at radius 3 is 2.59 bits per heavy atom. The van der Waals surface area contributed by atoms with Crippen molar-refractivity contribution in [2.45, 2.75) is 182 Å². The van der Waals surface area contributed by atoms with Crippen LogP contribution in [0.4, 0.5) is 0 Å². The van der Waals surface area contributed by atoms with E-state index in [0.717, 1.165) is 140 Å². The number of hydrogen-bond donors (Lipinski definition) is 8. The molecule has 0 radical (unpaired) electrons. The Morgan fingerprint density at radius 1 is 0.860 bits per heavy atom. The summed E-state index contributed by atoms with van der Waals surface area (Å²) in [5, 5.41) is 60.2. The SMILES string of the molecule is COC[C@H]1[C@H](CO)[C@H]2CCCc3ccc4cc3C[C@H]1C#C[C@H]1C#CC3=C(C=CC(N)N3)[C@@H]([C@@H]3CC[C@@]5(Cc6cc(O)cc(OCO)c6-c6ccc7c(c65)O[C@H](c5c6c(c(O)c(c51)CN2)O[C@H]1CSSC[C@@H]2CCC[C@H](C2)N[C@H]1C=C6)[C@H]7COC(C)=O)C3)C41CCCCC1. The summed E-state index contributed by atoms with van der Waals surface area (Å²) in [7, 11) is 5.53. The molecule has 6 aliphatic heterocycles. The largest absolute Gasteiger partial charge is 0.508 e. The molecular formula is C77H88N4O10S2. The zero-order valence-electron chi connectivity index (χ0n) is 53.5. The van der Waals surface area contributed by atoms with Crippen LogP contribution in [0.2, 0.25) is 0 Å². The molecule has 488 valence electrons. The van der Waals surface area contributed by atoms with Gasteiger partial charge in [-0.25, -0.2) is 0 Å². The number of fused-ring (bicyclic) bond motifs is 16. The molecule has 12 bridgehead atoms. The van der Waals surface area contributed by atoms with E-state index < -0.39 is 42.3 Å². The summed E-state index contributed by atoms with van der Waals surface area (Å²) < 4.78 is 34.5. The van der Waals surface area contributed by atoms with Crippen LogP contribution < -0.4 is 35.9 Å². The maximum atomic E-state index is 13.9. The number of ether oxygens (including phenoxy) is 5. The minimum atomic E-state index is -0.871. The summed E-state index contributed by atoms with van der Waals surface area (Å²) in [5.74, 6) is 17.3. The number of hydrogen-bond acceptors (Lipinski definition) is 16. The molecule has 14 nitrogen and oxygen atoms in total. The number of esters is 1. The first-order chi connectivity index (χ1) is 45.4. The first-order valence-corrected chi connectivity index (χ1v) is 37.2. The number of methoxy groups -OCH3 is 1. The Hall–Kier alpha value is -6.05. The average molecular weight is 1290 g/mol. The fraction of sp³-hybridized carbons (Fsp3) is 0.545. The quantitative estimate of drug-likeness (QED) is 0.0375. The molecule has 93 heavy (non-hydrogen) atoms. The minimum absolute atomic E-state index is 0.0136. The lowest BCUT2D eigenvalue weighted by Crippen LogP contribution is -2.49. The van der Waals surface area contributed by atoms with Gasteiger partial charge in [0.05, 0.1) is 30.4 Å². The summed E-state index contributed by atoms with van der Waals surface area (Å²) in [6, 6.07) is 15.2. The zero-order valence-corrected chi connectivity index (χ0v) is 55.2. The Balaban J connectivity index is 1.05. The Kier molecular flexibility index (Phi) is 16.7. The molecule has 1 saturated heterocycles. The summed E-state index contributed by atoms with van der Waals surface area (Å²) >= 11 is 0. The smallest absolute Gasteiger partial charge is 0.302 e.